The molecule has 0 aromatic heterocycles. The third-order valence-corrected chi connectivity index (χ3v) is 2.93. The summed E-state index contributed by atoms with van der Waals surface area (Å²) in [6.45, 7) is 6.54. The maximum absolute atomic E-state index is 11.9. The minimum Gasteiger partial charge on any atom is -0.410 e. The van der Waals surface area contributed by atoms with Crippen molar-refractivity contribution >= 4 is 6.09 Å². The van der Waals surface area contributed by atoms with Gasteiger partial charge in [-0.3, -0.25) is 0 Å². The Kier molecular flexibility index (Phi) is 4.80. The van der Waals surface area contributed by atoms with E-state index in [1.54, 1.807) is 4.90 Å². The molecular formula is C15H20NO3. The van der Waals surface area contributed by atoms with Gasteiger partial charge in [-0.05, 0) is 30.0 Å². The van der Waals surface area contributed by atoms with E-state index in [0.717, 1.165) is 12.0 Å². The smallest absolute Gasteiger partial charge is 0.410 e. The fraction of sp³-hybridized carbons (Fsp3) is 0.467. The third-order valence-electron chi connectivity index (χ3n) is 2.93. The van der Waals surface area contributed by atoms with E-state index in [9.17, 15) is 4.79 Å². The predicted octanol–water partition coefficient (Wildman–Crippen LogP) is 2.67. The van der Waals surface area contributed by atoms with Crippen molar-refractivity contribution in [3.8, 4) is 5.75 Å². The molecule has 1 aromatic rings. The molecule has 4 heteroatoms. The number of carbonyl (C=O) groups excluding carboxylic acids is 1. The lowest BCUT2D eigenvalue weighted by atomic mass is 10.0. The molecule has 4 nitrogen and oxygen atoms in total. The standard InChI is InChI=1S/C15H20NO3/c1-12(2)10-13-4-3-5-14(11-13)19-15(17)16-6-8-18-9-7-16/h3-5,11H,6-10H2,1-2H3. The number of morpholine rings is 1. The summed E-state index contributed by atoms with van der Waals surface area (Å²) in [5.74, 6) is 1.94. The van der Waals surface area contributed by atoms with Crippen LogP contribution in [0.2, 0.25) is 0 Å². The number of hydrogen-bond acceptors (Lipinski definition) is 3. The number of ether oxygens (including phenoxy) is 2. The van der Waals surface area contributed by atoms with E-state index in [-0.39, 0.29) is 6.09 Å². The number of hydrogen-bond donors (Lipinski definition) is 0. The van der Waals surface area contributed by atoms with Gasteiger partial charge in [0.05, 0.1) is 13.2 Å². The second-order valence-electron chi connectivity index (χ2n) is 5.00. The highest BCUT2D eigenvalue weighted by Crippen LogP contribution is 2.18. The summed E-state index contributed by atoms with van der Waals surface area (Å²) in [5, 5.41) is 0. The van der Waals surface area contributed by atoms with Crippen LogP contribution in [0.5, 0.6) is 5.75 Å². The van der Waals surface area contributed by atoms with E-state index in [0.29, 0.717) is 32.1 Å². The summed E-state index contributed by atoms with van der Waals surface area (Å²) < 4.78 is 10.6. The van der Waals surface area contributed by atoms with Crippen LogP contribution in [0.4, 0.5) is 4.79 Å². The zero-order valence-corrected chi connectivity index (χ0v) is 11.5. The number of nitrogens with zero attached hydrogens (tertiary/aromatic N) is 1. The first kappa shape index (κ1) is 13.9. The van der Waals surface area contributed by atoms with E-state index < -0.39 is 0 Å². The van der Waals surface area contributed by atoms with E-state index in [2.05, 4.69) is 13.8 Å². The van der Waals surface area contributed by atoms with Gasteiger partial charge in [-0.25, -0.2) is 4.79 Å². The highest BCUT2D eigenvalue weighted by molar-refractivity contribution is 5.70. The van der Waals surface area contributed by atoms with Gasteiger partial charge in [-0.1, -0.05) is 26.0 Å². The lowest BCUT2D eigenvalue weighted by Gasteiger charge is -2.25. The normalized spacial score (nSPS) is 15.6. The number of rotatable bonds is 3. The number of carbonyl (C=O) groups is 1. The summed E-state index contributed by atoms with van der Waals surface area (Å²) in [5.41, 5.74) is 1.16. The van der Waals surface area contributed by atoms with Gasteiger partial charge in [0.25, 0.3) is 0 Å². The van der Waals surface area contributed by atoms with Gasteiger partial charge in [0.1, 0.15) is 5.75 Å². The SMILES string of the molecule is C[C](C)Cc1cccc(OC(=O)N2CCOCC2)c1. The lowest BCUT2D eigenvalue weighted by Crippen LogP contribution is -2.42. The molecule has 1 aromatic carbocycles. The van der Waals surface area contributed by atoms with Crippen LogP contribution in [0, 0.1) is 5.92 Å². The van der Waals surface area contributed by atoms with Crippen molar-refractivity contribution in [2.45, 2.75) is 20.3 Å². The molecule has 0 unspecified atom stereocenters. The van der Waals surface area contributed by atoms with Crippen molar-refractivity contribution in [1.82, 2.24) is 4.90 Å². The Morgan fingerprint density at radius 2 is 2.05 bits per heavy atom. The van der Waals surface area contributed by atoms with Crippen LogP contribution in [0.3, 0.4) is 0 Å². The molecular weight excluding hydrogens is 242 g/mol. The van der Waals surface area contributed by atoms with E-state index in [1.165, 1.54) is 5.92 Å². The first-order valence-electron chi connectivity index (χ1n) is 6.57. The monoisotopic (exact) mass is 262 g/mol. The van der Waals surface area contributed by atoms with E-state index >= 15 is 0 Å². The molecule has 19 heavy (non-hydrogen) atoms. The molecule has 0 saturated carbocycles. The maximum Gasteiger partial charge on any atom is 0.415 e. The minimum absolute atomic E-state index is 0.294. The van der Waals surface area contributed by atoms with Gasteiger partial charge in [0, 0.05) is 13.1 Å². The Hall–Kier alpha value is -1.55. The highest BCUT2D eigenvalue weighted by atomic mass is 16.6. The summed E-state index contributed by atoms with van der Waals surface area (Å²) in [6, 6.07) is 7.69. The quantitative estimate of drug-likeness (QED) is 0.840. The first-order valence-corrected chi connectivity index (χ1v) is 6.57. The molecule has 1 radical (unpaired) electrons. The van der Waals surface area contributed by atoms with Gasteiger partial charge in [0.2, 0.25) is 0 Å². The minimum atomic E-state index is -0.294. The highest BCUT2D eigenvalue weighted by Gasteiger charge is 2.18. The lowest BCUT2D eigenvalue weighted by molar-refractivity contribution is 0.0416. The van der Waals surface area contributed by atoms with E-state index in [4.69, 9.17) is 9.47 Å². The van der Waals surface area contributed by atoms with Crippen molar-refractivity contribution in [3.63, 3.8) is 0 Å². The number of benzene rings is 1. The maximum atomic E-state index is 11.9. The van der Waals surface area contributed by atoms with E-state index in [1.807, 2.05) is 24.3 Å². The van der Waals surface area contributed by atoms with Crippen LogP contribution in [0.15, 0.2) is 24.3 Å². The van der Waals surface area contributed by atoms with Gasteiger partial charge < -0.3 is 14.4 Å². The molecule has 1 saturated heterocycles. The largest absolute Gasteiger partial charge is 0.415 e. The fourth-order valence-corrected chi connectivity index (χ4v) is 2.04. The van der Waals surface area contributed by atoms with Crippen LogP contribution < -0.4 is 4.74 Å². The summed E-state index contributed by atoms with van der Waals surface area (Å²) >= 11 is 0. The molecule has 1 heterocycles. The molecule has 1 fully saturated rings. The Labute approximate surface area is 114 Å². The van der Waals surface area contributed by atoms with Crippen molar-refractivity contribution in [3.05, 3.63) is 35.7 Å². The van der Waals surface area contributed by atoms with Gasteiger partial charge >= 0.3 is 6.09 Å². The average molecular weight is 262 g/mol. The van der Waals surface area contributed by atoms with Crippen molar-refractivity contribution < 1.29 is 14.3 Å². The van der Waals surface area contributed by atoms with Crippen molar-refractivity contribution in [1.29, 1.82) is 0 Å². The van der Waals surface area contributed by atoms with Crippen LogP contribution in [-0.4, -0.2) is 37.3 Å². The third kappa shape index (κ3) is 4.24. The predicted molar refractivity (Wildman–Crippen MR) is 73.2 cm³/mol. The molecule has 1 amide bonds. The molecule has 0 N–H and O–H groups in total. The van der Waals surface area contributed by atoms with Crippen molar-refractivity contribution in [2.75, 3.05) is 26.3 Å². The Morgan fingerprint density at radius 3 is 2.74 bits per heavy atom. The molecule has 1 aliphatic heterocycles. The first-order chi connectivity index (χ1) is 9.15. The topological polar surface area (TPSA) is 38.8 Å². The zero-order chi connectivity index (χ0) is 13.7. The van der Waals surface area contributed by atoms with Gasteiger partial charge in [0.15, 0.2) is 0 Å². The molecule has 103 valence electrons. The summed E-state index contributed by atoms with van der Waals surface area (Å²) in [4.78, 5) is 13.6. The second kappa shape index (κ2) is 6.57. The van der Waals surface area contributed by atoms with Crippen LogP contribution in [0.1, 0.15) is 19.4 Å². The molecule has 2 rings (SSSR count). The Bertz CT molecular complexity index is 425. The Balaban J connectivity index is 1.96. The molecule has 0 spiro atoms. The zero-order valence-electron chi connectivity index (χ0n) is 11.5. The van der Waals surface area contributed by atoms with Gasteiger partial charge in [-0.2, -0.15) is 0 Å². The second-order valence-corrected chi connectivity index (χ2v) is 5.00. The Morgan fingerprint density at radius 1 is 1.32 bits per heavy atom. The summed E-state index contributed by atoms with van der Waals surface area (Å²) in [7, 11) is 0. The average Bonchev–Trinajstić information content (AvgIpc) is 2.39. The molecule has 1 aliphatic rings. The van der Waals surface area contributed by atoms with Crippen LogP contribution in [0.25, 0.3) is 0 Å². The fourth-order valence-electron chi connectivity index (χ4n) is 2.04. The summed E-state index contributed by atoms with van der Waals surface area (Å²) in [6.07, 6.45) is 0.612. The van der Waals surface area contributed by atoms with Gasteiger partial charge in [-0.15, -0.1) is 0 Å². The molecule has 0 aliphatic carbocycles. The molecule has 0 bridgehead atoms. The van der Waals surface area contributed by atoms with Crippen LogP contribution >= 0.6 is 0 Å². The number of amides is 1. The molecule has 0 atom stereocenters. The van der Waals surface area contributed by atoms with Crippen molar-refractivity contribution in [2.24, 2.45) is 0 Å². The van der Waals surface area contributed by atoms with Crippen LogP contribution in [-0.2, 0) is 11.2 Å².